The lowest BCUT2D eigenvalue weighted by Gasteiger charge is -1.93. The van der Waals surface area contributed by atoms with E-state index in [0.29, 0.717) is 6.42 Å². The highest BCUT2D eigenvalue weighted by Crippen LogP contribution is 1.82. The van der Waals surface area contributed by atoms with Gasteiger partial charge in [0, 0.05) is 6.42 Å². The van der Waals surface area contributed by atoms with Gasteiger partial charge in [-0.1, -0.05) is 6.92 Å². The molecule has 4 nitrogen and oxygen atoms in total. The highest BCUT2D eigenvalue weighted by Gasteiger charge is 1.93. The van der Waals surface area contributed by atoms with Crippen molar-refractivity contribution in [3.8, 4) is 0 Å². The molecule has 0 aliphatic carbocycles. The number of carbonyl (C=O) groups is 1. The first-order chi connectivity index (χ1) is 4.31. The summed E-state index contributed by atoms with van der Waals surface area (Å²) in [5.74, 6) is -0.367. The Morgan fingerprint density at radius 1 is 1.70 bits per heavy atom. The molecular formula is C5H8ClNO3. The largest absolute Gasteiger partial charge is 0.442 e. The third kappa shape index (κ3) is 7.14. The molecule has 58 valence electrons. The van der Waals surface area contributed by atoms with Crippen LogP contribution in [0.4, 0.5) is 0 Å². The van der Waals surface area contributed by atoms with E-state index in [0.717, 1.165) is 0 Å². The van der Waals surface area contributed by atoms with Crippen molar-refractivity contribution < 1.29 is 14.3 Å². The van der Waals surface area contributed by atoms with Gasteiger partial charge in [0.15, 0.2) is 6.73 Å². The summed E-state index contributed by atoms with van der Waals surface area (Å²) in [7, 11) is 0. The molecule has 0 fully saturated rings. The zero-order valence-corrected chi connectivity index (χ0v) is 6.31. The molecule has 0 rings (SSSR count). The van der Waals surface area contributed by atoms with E-state index in [1.54, 1.807) is 6.92 Å². The van der Waals surface area contributed by atoms with Crippen molar-refractivity contribution in [2.45, 2.75) is 13.3 Å². The maximum absolute atomic E-state index is 10.3. The van der Waals surface area contributed by atoms with Crippen molar-refractivity contribution in [1.29, 1.82) is 0 Å². The first kappa shape index (κ1) is 11.9. The minimum atomic E-state index is -0.367. The van der Waals surface area contributed by atoms with E-state index in [1.807, 2.05) is 0 Å². The highest BCUT2D eigenvalue weighted by atomic mass is 35.5. The molecule has 0 aliphatic rings. The van der Waals surface area contributed by atoms with E-state index in [2.05, 4.69) is 9.73 Å². The first-order valence-corrected chi connectivity index (χ1v) is 2.50. The maximum Gasteiger partial charge on any atom is 0.307 e. The van der Waals surface area contributed by atoms with Crippen LogP contribution in [-0.4, -0.2) is 18.8 Å². The molecule has 0 aromatic heterocycles. The Balaban J connectivity index is 0. The molecule has 0 N–H and O–H groups in total. The van der Waals surface area contributed by atoms with Crippen molar-refractivity contribution in [1.82, 2.24) is 0 Å². The summed E-state index contributed by atoms with van der Waals surface area (Å²) < 4.78 is 4.36. The number of aliphatic imine (C=N–C) groups is 1. The van der Waals surface area contributed by atoms with Crippen LogP contribution in [0.1, 0.15) is 13.3 Å². The SMILES string of the molecule is CCC(=O)OCN=C=O.Cl. The molecule has 0 spiro atoms. The van der Waals surface area contributed by atoms with Gasteiger partial charge in [0.05, 0.1) is 0 Å². The van der Waals surface area contributed by atoms with Gasteiger partial charge in [-0.05, 0) is 0 Å². The number of isocyanates is 1. The van der Waals surface area contributed by atoms with Gasteiger partial charge in [0.25, 0.3) is 0 Å². The normalized spacial score (nSPS) is 6.90. The lowest BCUT2D eigenvalue weighted by atomic mass is 10.5. The number of hydrogen-bond acceptors (Lipinski definition) is 4. The second-order valence-electron chi connectivity index (χ2n) is 1.25. The summed E-state index contributed by atoms with van der Waals surface area (Å²) in [6.45, 7) is 1.45. The van der Waals surface area contributed by atoms with E-state index < -0.39 is 0 Å². The Morgan fingerprint density at radius 3 is 2.70 bits per heavy atom. The molecule has 0 heterocycles. The van der Waals surface area contributed by atoms with Crippen molar-refractivity contribution in [2.24, 2.45) is 4.99 Å². The fourth-order valence-corrected chi connectivity index (χ4v) is 0.233. The average Bonchev–Trinajstić information content (AvgIpc) is 1.89. The van der Waals surface area contributed by atoms with Crippen molar-refractivity contribution in [2.75, 3.05) is 6.73 Å². The van der Waals surface area contributed by atoms with Crippen LogP contribution >= 0.6 is 12.4 Å². The molecule has 0 unspecified atom stereocenters. The summed E-state index contributed by atoms with van der Waals surface area (Å²) in [4.78, 5) is 22.7. The van der Waals surface area contributed by atoms with Gasteiger partial charge in [-0.25, -0.2) is 4.79 Å². The van der Waals surface area contributed by atoms with Crippen LogP contribution in [0.3, 0.4) is 0 Å². The number of ether oxygens (including phenoxy) is 1. The van der Waals surface area contributed by atoms with E-state index in [1.165, 1.54) is 6.08 Å². The third-order valence-electron chi connectivity index (χ3n) is 0.643. The summed E-state index contributed by atoms with van der Waals surface area (Å²) in [5, 5.41) is 0. The Kier molecular flexibility index (Phi) is 9.67. The topological polar surface area (TPSA) is 55.7 Å². The molecule has 0 aromatic carbocycles. The smallest absolute Gasteiger partial charge is 0.307 e. The molecule has 5 heteroatoms. The van der Waals surface area contributed by atoms with Crippen LogP contribution in [0, 0.1) is 0 Å². The zero-order chi connectivity index (χ0) is 7.11. The lowest BCUT2D eigenvalue weighted by molar-refractivity contribution is -0.142. The zero-order valence-electron chi connectivity index (χ0n) is 5.49. The van der Waals surface area contributed by atoms with Gasteiger partial charge < -0.3 is 4.74 Å². The Labute approximate surface area is 64.7 Å². The fourth-order valence-electron chi connectivity index (χ4n) is 0.233. The van der Waals surface area contributed by atoms with Gasteiger partial charge in [-0.3, -0.25) is 4.79 Å². The molecule has 10 heavy (non-hydrogen) atoms. The standard InChI is InChI=1S/C5H7NO3.ClH/c1-2-5(8)9-4-6-3-7;/h2,4H2,1H3;1H. The lowest BCUT2D eigenvalue weighted by Crippen LogP contribution is -2.01. The second kappa shape index (κ2) is 8.14. The third-order valence-corrected chi connectivity index (χ3v) is 0.643. The van der Waals surface area contributed by atoms with Gasteiger partial charge in [0.2, 0.25) is 6.08 Å². The van der Waals surface area contributed by atoms with E-state index in [4.69, 9.17) is 0 Å². The fraction of sp³-hybridized carbons (Fsp3) is 0.600. The minimum Gasteiger partial charge on any atom is -0.442 e. The van der Waals surface area contributed by atoms with Crippen LogP contribution in [0.15, 0.2) is 4.99 Å². The number of rotatable bonds is 3. The van der Waals surface area contributed by atoms with Crippen LogP contribution in [0.2, 0.25) is 0 Å². The van der Waals surface area contributed by atoms with Crippen LogP contribution in [0.25, 0.3) is 0 Å². The predicted molar refractivity (Wildman–Crippen MR) is 36.6 cm³/mol. The van der Waals surface area contributed by atoms with Crippen molar-refractivity contribution >= 4 is 24.5 Å². The molecule has 0 aromatic rings. The molecule has 0 bridgehead atoms. The minimum absolute atomic E-state index is 0. The van der Waals surface area contributed by atoms with Crippen molar-refractivity contribution in [3.63, 3.8) is 0 Å². The van der Waals surface area contributed by atoms with Gasteiger partial charge in [-0.2, -0.15) is 4.99 Å². The maximum atomic E-state index is 10.3. The molecular weight excluding hydrogens is 158 g/mol. The summed E-state index contributed by atoms with van der Waals surface area (Å²) in [6, 6.07) is 0. The Morgan fingerprint density at radius 2 is 2.30 bits per heavy atom. The van der Waals surface area contributed by atoms with E-state index in [-0.39, 0.29) is 25.1 Å². The second-order valence-corrected chi connectivity index (χ2v) is 1.25. The Hall–Kier alpha value is -0.860. The van der Waals surface area contributed by atoms with Crippen LogP contribution < -0.4 is 0 Å². The molecule has 0 saturated carbocycles. The number of halogens is 1. The number of nitrogens with zero attached hydrogens (tertiary/aromatic N) is 1. The monoisotopic (exact) mass is 165 g/mol. The number of esters is 1. The van der Waals surface area contributed by atoms with Crippen LogP contribution in [0.5, 0.6) is 0 Å². The van der Waals surface area contributed by atoms with E-state index >= 15 is 0 Å². The summed E-state index contributed by atoms with van der Waals surface area (Å²) >= 11 is 0. The predicted octanol–water partition coefficient (Wildman–Crippen LogP) is 0.655. The van der Waals surface area contributed by atoms with Crippen molar-refractivity contribution in [3.05, 3.63) is 0 Å². The molecule has 0 saturated heterocycles. The molecule has 0 aliphatic heterocycles. The molecule has 0 radical (unpaired) electrons. The summed E-state index contributed by atoms with van der Waals surface area (Å²) in [6.07, 6.45) is 1.54. The average molecular weight is 166 g/mol. The molecule has 0 atom stereocenters. The van der Waals surface area contributed by atoms with Gasteiger partial charge >= 0.3 is 5.97 Å². The van der Waals surface area contributed by atoms with Crippen LogP contribution in [-0.2, 0) is 14.3 Å². The molecule has 0 amide bonds. The van der Waals surface area contributed by atoms with E-state index in [9.17, 15) is 9.59 Å². The van der Waals surface area contributed by atoms with Gasteiger partial charge in [-0.15, -0.1) is 12.4 Å². The summed E-state index contributed by atoms with van der Waals surface area (Å²) in [5.41, 5.74) is 0. The van der Waals surface area contributed by atoms with Gasteiger partial charge in [0.1, 0.15) is 0 Å². The quantitative estimate of drug-likeness (QED) is 0.351. The number of hydrogen-bond donors (Lipinski definition) is 0. The number of carbonyl (C=O) groups excluding carboxylic acids is 2. The highest BCUT2D eigenvalue weighted by molar-refractivity contribution is 5.85. The first-order valence-electron chi connectivity index (χ1n) is 2.50. The Bertz CT molecular complexity index is 142.